The molecule has 1 heterocycles. The summed E-state index contributed by atoms with van der Waals surface area (Å²) in [4.78, 5) is 37.4. The molecule has 39 heavy (non-hydrogen) atoms. The summed E-state index contributed by atoms with van der Waals surface area (Å²) in [6, 6.07) is 26.1. The van der Waals surface area contributed by atoms with Crippen LogP contribution >= 0.6 is 0 Å². The van der Waals surface area contributed by atoms with Gasteiger partial charge in [-0.15, -0.1) is 0 Å². The molecule has 4 N–H and O–H groups in total. The minimum Gasteiger partial charge on any atom is -0.479 e. The highest BCUT2D eigenvalue weighted by atomic mass is 16.6. The number of aryl methyl sites for hydroxylation is 1. The number of aliphatic hydroxyl groups excluding tert-OH is 1. The van der Waals surface area contributed by atoms with Gasteiger partial charge in [0.05, 0.1) is 6.04 Å². The molecular weight excluding hydrogens is 500 g/mol. The lowest BCUT2D eigenvalue weighted by molar-refractivity contribution is -0.138. The quantitative estimate of drug-likeness (QED) is 0.248. The van der Waals surface area contributed by atoms with Crippen molar-refractivity contribution in [2.75, 3.05) is 0 Å². The average molecular weight is 533 g/mol. The van der Waals surface area contributed by atoms with Crippen molar-refractivity contribution in [1.29, 1.82) is 0 Å². The van der Waals surface area contributed by atoms with Gasteiger partial charge in [-0.2, -0.15) is 0 Å². The third-order valence-electron chi connectivity index (χ3n) is 6.54. The van der Waals surface area contributed by atoms with E-state index < -0.39 is 48.4 Å². The highest BCUT2D eigenvalue weighted by Crippen LogP contribution is 2.28. The lowest BCUT2D eigenvalue weighted by Gasteiger charge is -2.26. The van der Waals surface area contributed by atoms with Gasteiger partial charge in [0.25, 0.3) is 0 Å². The predicted octanol–water partition coefficient (Wildman–Crippen LogP) is 2.85. The summed E-state index contributed by atoms with van der Waals surface area (Å²) < 4.78 is 10.5. The van der Waals surface area contributed by atoms with E-state index in [2.05, 4.69) is 10.6 Å². The number of carbonyl (C=O) groups excluding carboxylic acids is 2. The number of carboxylic acid groups (broad SMARTS) is 1. The molecule has 0 aliphatic carbocycles. The number of carboxylic acids is 1. The second-order valence-electron chi connectivity index (χ2n) is 9.44. The van der Waals surface area contributed by atoms with Crippen LogP contribution in [0.15, 0.2) is 91.0 Å². The topological polar surface area (TPSA) is 137 Å². The van der Waals surface area contributed by atoms with Gasteiger partial charge in [0.1, 0.15) is 24.9 Å². The SMILES string of the molecule is O=C(N[C@@H](Cc1ccccc1)C(=O)N[C@@H](CCc1ccccc1)[C@@H](O)[C@@H]1O[C@H]1C(=O)O)OCc1ccccc1. The van der Waals surface area contributed by atoms with Crippen LogP contribution in [0.4, 0.5) is 4.79 Å². The molecule has 1 aliphatic heterocycles. The number of amides is 2. The number of hydrogen-bond acceptors (Lipinski definition) is 6. The van der Waals surface area contributed by atoms with Crippen molar-refractivity contribution in [3.8, 4) is 0 Å². The molecular formula is C30H32N2O7. The zero-order valence-electron chi connectivity index (χ0n) is 21.3. The number of hydrogen-bond donors (Lipinski definition) is 4. The first-order chi connectivity index (χ1) is 18.9. The largest absolute Gasteiger partial charge is 0.479 e. The Kier molecular flexibility index (Phi) is 9.66. The van der Waals surface area contributed by atoms with E-state index >= 15 is 0 Å². The van der Waals surface area contributed by atoms with Crippen LogP contribution in [0.1, 0.15) is 23.1 Å². The number of alkyl carbamates (subject to hydrolysis) is 1. The summed E-state index contributed by atoms with van der Waals surface area (Å²) in [7, 11) is 0. The molecule has 4 rings (SSSR count). The van der Waals surface area contributed by atoms with E-state index in [4.69, 9.17) is 9.47 Å². The minimum atomic E-state index is -1.25. The maximum atomic E-state index is 13.5. The number of carbonyl (C=O) groups is 3. The fourth-order valence-electron chi connectivity index (χ4n) is 4.36. The number of ether oxygens (including phenoxy) is 2. The Morgan fingerprint density at radius 1 is 0.821 bits per heavy atom. The first-order valence-electron chi connectivity index (χ1n) is 12.8. The number of epoxide rings is 1. The maximum absolute atomic E-state index is 13.5. The van der Waals surface area contributed by atoms with Crippen molar-refractivity contribution in [2.45, 2.75) is 56.3 Å². The van der Waals surface area contributed by atoms with Gasteiger partial charge in [0.15, 0.2) is 6.10 Å². The standard InChI is InChI=1S/C30H32N2O7/c33-25(26-27(39-26)29(35)36)23(17-16-20-10-4-1-5-11-20)31-28(34)24(18-21-12-6-2-7-13-21)32-30(37)38-19-22-14-8-3-9-15-22/h1-15,23-27,33H,16-19H2,(H,31,34)(H,32,37)(H,35,36)/t23-,24-,25+,26-,27+/m0/s1. The smallest absolute Gasteiger partial charge is 0.408 e. The van der Waals surface area contributed by atoms with Crippen molar-refractivity contribution in [3.63, 3.8) is 0 Å². The molecule has 1 saturated heterocycles. The van der Waals surface area contributed by atoms with Crippen molar-refractivity contribution in [1.82, 2.24) is 10.6 Å². The molecule has 3 aromatic rings. The monoisotopic (exact) mass is 532 g/mol. The number of aliphatic hydroxyl groups is 1. The van der Waals surface area contributed by atoms with Gasteiger partial charge in [0, 0.05) is 6.42 Å². The Morgan fingerprint density at radius 2 is 1.38 bits per heavy atom. The first-order valence-corrected chi connectivity index (χ1v) is 12.8. The van der Waals surface area contributed by atoms with E-state index in [9.17, 15) is 24.6 Å². The molecule has 204 valence electrons. The lowest BCUT2D eigenvalue weighted by atomic mass is 9.97. The fraction of sp³-hybridized carbons (Fsp3) is 0.300. The van der Waals surface area contributed by atoms with Crippen LogP contribution in [-0.2, 0) is 38.5 Å². The van der Waals surface area contributed by atoms with Crippen LogP contribution in [0.2, 0.25) is 0 Å². The van der Waals surface area contributed by atoms with E-state index in [1.54, 1.807) is 0 Å². The molecule has 5 atom stereocenters. The fourth-order valence-corrected chi connectivity index (χ4v) is 4.36. The predicted molar refractivity (Wildman–Crippen MR) is 143 cm³/mol. The molecule has 2 amide bonds. The van der Waals surface area contributed by atoms with E-state index in [0.717, 1.165) is 16.7 Å². The summed E-state index contributed by atoms with van der Waals surface area (Å²) in [5.74, 6) is -1.70. The van der Waals surface area contributed by atoms with Crippen LogP contribution in [-0.4, -0.2) is 58.6 Å². The van der Waals surface area contributed by atoms with Crippen LogP contribution in [0, 0.1) is 0 Å². The number of rotatable bonds is 13. The summed E-state index contributed by atoms with van der Waals surface area (Å²) in [6.45, 7) is 0.0420. The van der Waals surface area contributed by atoms with Crippen molar-refractivity contribution in [3.05, 3.63) is 108 Å². The Labute approximate surface area is 226 Å². The molecule has 0 aromatic heterocycles. The van der Waals surface area contributed by atoms with Crippen LogP contribution in [0.3, 0.4) is 0 Å². The van der Waals surface area contributed by atoms with E-state index in [1.807, 2.05) is 91.0 Å². The normalized spacial score (nSPS) is 18.3. The Balaban J connectivity index is 1.45. The van der Waals surface area contributed by atoms with Crippen molar-refractivity contribution in [2.24, 2.45) is 0 Å². The highest BCUT2D eigenvalue weighted by molar-refractivity contribution is 5.86. The molecule has 0 bridgehead atoms. The van der Waals surface area contributed by atoms with E-state index in [-0.39, 0.29) is 13.0 Å². The molecule has 0 unspecified atom stereocenters. The van der Waals surface area contributed by atoms with Gasteiger partial charge in [-0.05, 0) is 29.5 Å². The molecule has 1 aliphatic rings. The molecule has 9 heteroatoms. The molecule has 0 saturated carbocycles. The van der Waals surface area contributed by atoms with Gasteiger partial charge in [-0.1, -0.05) is 91.0 Å². The van der Waals surface area contributed by atoms with Crippen LogP contribution in [0.25, 0.3) is 0 Å². The third kappa shape index (κ3) is 8.39. The summed E-state index contributed by atoms with van der Waals surface area (Å²) in [5.41, 5.74) is 2.62. The third-order valence-corrected chi connectivity index (χ3v) is 6.54. The van der Waals surface area contributed by atoms with Gasteiger partial charge in [-0.3, -0.25) is 4.79 Å². The summed E-state index contributed by atoms with van der Waals surface area (Å²) >= 11 is 0. The van der Waals surface area contributed by atoms with Gasteiger partial charge >= 0.3 is 12.1 Å². The lowest BCUT2D eigenvalue weighted by Crippen LogP contribution is -2.54. The second-order valence-corrected chi connectivity index (χ2v) is 9.44. The number of benzene rings is 3. The summed E-state index contributed by atoms with van der Waals surface area (Å²) in [5, 5.41) is 25.7. The van der Waals surface area contributed by atoms with Gasteiger partial charge in [0.2, 0.25) is 5.91 Å². The van der Waals surface area contributed by atoms with Gasteiger partial charge < -0.3 is 30.3 Å². The van der Waals surface area contributed by atoms with Crippen LogP contribution in [0.5, 0.6) is 0 Å². The molecule has 3 aromatic carbocycles. The zero-order chi connectivity index (χ0) is 27.6. The maximum Gasteiger partial charge on any atom is 0.408 e. The zero-order valence-corrected chi connectivity index (χ0v) is 21.3. The minimum absolute atomic E-state index is 0.0420. The Hall–Kier alpha value is -4.21. The Bertz CT molecular complexity index is 1220. The van der Waals surface area contributed by atoms with E-state index in [1.165, 1.54) is 0 Å². The van der Waals surface area contributed by atoms with E-state index in [0.29, 0.717) is 12.8 Å². The average Bonchev–Trinajstić information content (AvgIpc) is 3.77. The van der Waals surface area contributed by atoms with Crippen molar-refractivity contribution >= 4 is 18.0 Å². The number of aliphatic carboxylic acids is 1. The highest BCUT2D eigenvalue weighted by Gasteiger charge is 2.52. The molecule has 9 nitrogen and oxygen atoms in total. The summed E-state index contributed by atoms with van der Waals surface area (Å²) in [6.07, 6.45) is -3.01. The molecule has 1 fully saturated rings. The van der Waals surface area contributed by atoms with Gasteiger partial charge in [-0.25, -0.2) is 9.59 Å². The second kappa shape index (κ2) is 13.5. The first kappa shape index (κ1) is 27.8. The Morgan fingerprint density at radius 3 is 1.95 bits per heavy atom. The number of nitrogens with one attached hydrogen (secondary N) is 2. The molecule has 0 radical (unpaired) electrons. The molecule has 0 spiro atoms. The van der Waals surface area contributed by atoms with Crippen LogP contribution < -0.4 is 10.6 Å². The van der Waals surface area contributed by atoms with Crippen molar-refractivity contribution < 1.29 is 34.1 Å².